The number of nitrogens with two attached hydrogens (primary N) is 1. The second kappa shape index (κ2) is 6.60. The highest BCUT2D eigenvalue weighted by Gasteiger charge is 2.40. The average Bonchev–Trinajstić information content (AvgIpc) is 2.45. The fourth-order valence-electron chi connectivity index (χ4n) is 2.95. The zero-order chi connectivity index (χ0) is 15.5. The lowest BCUT2D eigenvalue weighted by Crippen LogP contribution is -2.59. The first-order chi connectivity index (χ1) is 9.80. The minimum atomic E-state index is -3.19. The van der Waals surface area contributed by atoms with Crippen molar-refractivity contribution >= 4 is 15.9 Å². The fourth-order valence-corrected chi connectivity index (χ4v) is 3.49. The Bertz CT molecular complexity index is 474. The van der Waals surface area contributed by atoms with E-state index in [1.807, 2.05) is 0 Å². The summed E-state index contributed by atoms with van der Waals surface area (Å²) in [4.78, 5) is 14.4. The van der Waals surface area contributed by atoms with Crippen molar-refractivity contribution in [3.05, 3.63) is 0 Å². The van der Waals surface area contributed by atoms with Crippen molar-refractivity contribution in [1.29, 1.82) is 0 Å². The number of sulfonamides is 1. The molecule has 1 atom stereocenters. The minimum absolute atomic E-state index is 0.0187. The molecule has 2 saturated heterocycles. The molecule has 0 aromatic carbocycles. The molecule has 122 valence electrons. The van der Waals surface area contributed by atoms with Crippen LogP contribution in [-0.2, 0) is 19.6 Å². The third-order valence-corrected chi connectivity index (χ3v) is 4.94. The van der Waals surface area contributed by atoms with E-state index in [-0.39, 0.29) is 11.8 Å². The number of nitrogens with one attached hydrogen (secondary N) is 1. The van der Waals surface area contributed by atoms with Gasteiger partial charge < -0.3 is 15.4 Å². The van der Waals surface area contributed by atoms with Crippen molar-refractivity contribution in [2.45, 2.75) is 31.2 Å². The van der Waals surface area contributed by atoms with Gasteiger partial charge in [-0.05, 0) is 31.6 Å². The summed E-state index contributed by atoms with van der Waals surface area (Å²) in [6.45, 7) is 2.70. The number of piperidine rings is 1. The average molecular weight is 319 g/mol. The monoisotopic (exact) mass is 319 g/mol. The Balaban J connectivity index is 1.92. The van der Waals surface area contributed by atoms with Crippen LogP contribution in [0.3, 0.4) is 0 Å². The topological polar surface area (TPSA) is 102 Å². The van der Waals surface area contributed by atoms with Gasteiger partial charge in [0.15, 0.2) is 0 Å². The highest BCUT2D eigenvalue weighted by Crippen LogP contribution is 2.24. The van der Waals surface area contributed by atoms with Crippen molar-refractivity contribution < 1.29 is 17.9 Å². The Morgan fingerprint density at radius 1 is 1.43 bits per heavy atom. The predicted octanol–water partition coefficient (Wildman–Crippen LogP) is -0.718. The van der Waals surface area contributed by atoms with Crippen molar-refractivity contribution in [3.8, 4) is 0 Å². The standard InChI is InChI=1S/C13H25N3O4S/c1-21(18,19)15-9-11-3-2-6-16(10-11)12(17)13(14)4-7-20-8-5-13/h11,15H,2-10,14H2,1H3. The lowest BCUT2D eigenvalue weighted by Gasteiger charge is -2.40. The lowest BCUT2D eigenvalue weighted by atomic mass is 9.88. The van der Waals surface area contributed by atoms with E-state index in [4.69, 9.17) is 10.5 Å². The van der Waals surface area contributed by atoms with E-state index in [0.29, 0.717) is 45.7 Å². The summed E-state index contributed by atoms with van der Waals surface area (Å²) in [7, 11) is -3.19. The Kier molecular flexibility index (Phi) is 5.24. The molecule has 1 amide bonds. The van der Waals surface area contributed by atoms with Crippen molar-refractivity contribution in [1.82, 2.24) is 9.62 Å². The van der Waals surface area contributed by atoms with Crippen LogP contribution < -0.4 is 10.5 Å². The second-order valence-corrected chi connectivity index (χ2v) is 7.98. The first-order valence-electron chi connectivity index (χ1n) is 7.41. The van der Waals surface area contributed by atoms with Gasteiger partial charge in [0.05, 0.1) is 11.8 Å². The molecular weight excluding hydrogens is 294 g/mol. The van der Waals surface area contributed by atoms with Gasteiger partial charge in [0.2, 0.25) is 15.9 Å². The fraction of sp³-hybridized carbons (Fsp3) is 0.923. The zero-order valence-electron chi connectivity index (χ0n) is 12.5. The van der Waals surface area contributed by atoms with Gasteiger partial charge in [-0.25, -0.2) is 13.1 Å². The van der Waals surface area contributed by atoms with Crippen LogP contribution in [0.15, 0.2) is 0 Å². The molecule has 2 heterocycles. The smallest absolute Gasteiger partial charge is 0.242 e. The number of carbonyl (C=O) groups is 1. The van der Waals surface area contributed by atoms with E-state index < -0.39 is 15.6 Å². The molecule has 2 aliphatic rings. The molecule has 0 spiro atoms. The number of rotatable bonds is 4. The van der Waals surface area contributed by atoms with Gasteiger partial charge in [-0.1, -0.05) is 0 Å². The third kappa shape index (κ3) is 4.64. The molecule has 1 unspecified atom stereocenters. The predicted molar refractivity (Wildman–Crippen MR) is 79.1 cm³/mol. The molecular formula is C13H25N3O4S. The van der Waals surface area contributed by atoms with Crippen molar-refractivity contribution in [2.24, 2.45) is 11.7 Å². The Labute approximate surface area is 126 Å². The van der Waals surface area contributed by atoms with Crippen LogP contribution in [0.1, 0.15) is 25.7 Å². The highest BCUT2D eigenvalue weighted by atomic mass is 32.2. The van der Waals surface area contributed by atoms with E-state index in [1.54, 1.807) is 4.90 Å². The first kappa shape index (κ1) is 16.7. The van der Waals surface area contributed by atoms with E-state index in [2.05, 4.69) is 4.72 Å². The largest absolute Gasteiger partial charge is 0.381 e. The summed E-state index contributed by atoms with van der Waals surface area (Å²) in [5.74, 6) is 0.135. The van der Waals surface area contributed by atoms with Gasteiger partial charge in [-0.2, -0.15) is 0 Å². The number of hydrogen-bond donors (Lipinski definition) is 2. The SMILES string of the molecule is CS(=O)(=O)NCC1CCCN(C(=O)C2(N)CCOCC2)C1. The van der Waals surface area contributed by atoms with E-state index in [1.165, 1.54) is 0 Å². The molecule has 0 aliphatic carbocycles. The van der Waals surface area contributed by atoms with Crippen molar-refractivity contribution in [2.75, 3.05) is 39.1 Å². The molecule has 21 heavy (non-hydrogen) atoms. The number of ether oxygens (including phenoxy) is 1. The Morgan fingerprint density at radius 3 is 2.71 bits per heavy atom. The molecule has 0 aromatic rings. The maximum atomic E-state index is 12.6. The number of amides is 1. The molecule has 0 radical (unpaired) electrons. The quantitative estimate of drug-likeness (QED) is 0.712. The second-order valence-electron chi connectivity index (χ2n) is 6.15. The lowest BCUT2D eigenvalue weighted by molar-refractivity contribution is -0.142. The van der Waals surface area contributed by atoms with Crippen LogP contribution in [0, 0.1) is 5.92 Å². The highest BCUT2D eigenvalue weighted by molar-refractivity contribution is 7.88. The molecule has 7 nitrogen and oxygen atoms in total. The Hall–Kier alpha value is -0.700. The molecule has 0 bridgehead atoms. The van der Waals surface area contributed by atoms with Gasteiger partial charge in [-0.15, -0.1) is 0 Å². The third-order valence-electron chi connectivity index (χ3n) is 4.25. The van der Waals surface area contributed by atoms with E-state index >= 15 is 0 Å². The van der Waals surface area contributed by atoms with Gasteiger partial charge in [0.25, 0.3) is 0 Å². The van der Waals surface area contributed by atoms with Gasteiger partial charge >= 0.3 is 0 Å². The first-order valence-corrected chi connectivity index (χ1v) is 9.30. The number of likely N-dealkylation sites (tertiary alicyclic amines) is 1. The minimum Gasteiger partial charge on any atom is -0.381 e. The van der Waals surface area contributed by atoms with E-state index in [9.17, 15) is 13.2 Å². The number of nitrogens with zero attached hydrogens (tertiary/aromatic N) is 1. The summed E-state index contributed by atoms with van der Waals surface area (Å²) in [5, 5.41) is 0. The summed E-state index contributed by atoms with van der Waals surface area (Å²) < 4.78 is 30.1. The molecule has 0 saturated carbocycles. The molecule has 8 heteroatoms. The van der Waals surface area contributed by atoms with Gasteiger partial charge in [0.1, 0.15) is 0 Å². The van der Waals surface area contributed by atoms with Gasteiger partial charge in [-0.3, -0.25) is 4.79 Å². The maximum absolute atomic E-state index is 12.6. The van der Waals surface area contributed by atoms with Crippen LogP contribution in [0.25, 0.3) is 0 Å². The Morgan fingerprint density at radius 2 is 2.10 bits per heavy atom. The number of carbonyl (C=O) groups excluding carboxylic acids is 1. The molecule has 3 N–H and O–H groups in total. The van der Waals surface area contributed by atoms with Crippen LogP contribution in [0.4, 0.5) is 0 Å². The molecule has 2 aliphatic heterocycles. The normalized spacial score (nSPS) is 26.6. The maximum Gasteiger partial charge on any atom is 0.242 e. The van der Waals surface area contributed by atoms with Crippen LogP contribution in [0.2, 0.25) is 0 Å². The zero-order valence-corrected chi connectivity index (χ0v) is 13.3. The summed E-state index contributed by atoms with van der Waals surface area (Å²) in [6.07, 6.45) is 4.06. The van der Waals surface area contributed by atoms with Gasteiger partial charge in [0, 0.05) is 32.8 Å². The molecule has 0 aromatic heterocycles. The summed E-state index contributed by atoms with van der Waals surface area (Å²) in [6, 6.07) is 0. The van der Waals surface area contributed by atoms with Crippen LogP contribution in [-0.4, -0.2) is 63.9 Å². The molecule has 2 fully saturated rings. The van der Waals surface area contributed by atoms with Crippen molar-refractivity contribution in [3.63, 3.8) is 0 Å². The van der Waals surface area contributed by atoms with Crippen LogP contribution >= 0.6 is 0 Å². The van der Waals surface area contributed by atoms with E-state index in [0.717, 1.165) is 19.1 Å². The summed E-state index contributed by atoms with van der Waals surface area (Å²) >= 11 is 0. The molecule has 2 rings (SSSR count). The van der Waals surface area contributed by atoms with Crippen LogP contribution in [0.5, 0.6) is 0 Å². The number of hydrogen-bond acceptors (Lipinski definition) is 5. The summed E-state index contributed by atoms with van der Waals surface area (Å²) in [5.41, 5.74) is 5.42.